The van der Waals surface area contributed by atoms with Crippen molar-refractivity contribution in [2.75, 3.05) is 13.2 Å². The molecule has 21 heavy (non-hydrogen) atoms. The van der Waals surface area contributed by atoms with Crippen molar-refractivity contribution in [3.63, 3.8) is 0 Å². The smallest absolute Gasteiger partial charge is 0.163 e. The summed E-state index contributed by atoms with van der Waals surface area (Å²) in [5.74, 6) is 1.25. The Bertz CT molecular complexity index is 546. The van der Waals surface area contributed by atoms with Gasteiger partial charge in [-0.3, -0.25) is 4.79 Å². The van der Waals surface area contributed by atoms with Gasteiger partial charge in [-0.1, -0.05) is 11.1 Å². The molecule has 0 aliphatic heterocycles. The zero-order chi connectivity index (χ0) is 15.8. The summed E-state index contributed by atoms with van der Waals surface area (Å²) in [6.45, 7) is 10.6. The normalized spacial score (nSPS) is 9.76. The van der Waals surface area contributed by atoms with Crippen LogP contribution in [0.15, 0.2) is 41.5 Å². The van der Waals surface area contributed by atoms with E-state index < -0.39 is 0 Å². The van der Waals surface area contributed by atoms with E-state index >= 15 is 0 Å². The summed E-state index contributed by atoms with van der Waals surface area (Å²) in [6.07, 6.45) is 3.98. The zero-order valence-corrected chi connectivity index (χ0v) is 13.5. The van der Waals surface area contributed by atoms with E-state index in [2.05, 4.69) is 0 Å². The average molecular weight is 288 g/mol. The van der Waals surface area contributed by atoms with E-state index in [-0.39, 0.29) is 5.78 Å². The fourth-order valence-corrected chi connectivity index (χ4v) is 1.61. The number of rotatable bonds is 7. The number of carbonyl (C=O) groups excluding carboxylic acids is 1. The number of carbonyl (C=O) groups is 1. The molecule has 0 radical (unpaired) electrons. The van der Waals surface area contributed by atoms with E-state index in [1.165, 1.54) is 18.1 Å². The highest BCUT2D eigenvalue weighted by Gasteiger charge is 2.09. The van der Waals surface area contributed by atoms with Gasteiger partial charge in [-0.2, -0.15) is 0 Å². The molecule has 1 aromatic carbocycles. The molecule has 0 fully saturated rings. The minimum Gasteiger partial charge on any atom is -0.489 e. The molecular weight excluding hydrogens is 264 g/mol. The molecule has 0 saturated carbocycles. The molecule has 3 heteroatoms. The summed E-state index contributed by atoms with van der Waals surface area (Å²) in [5, 5.41) is 0. The minimum absolute atomic E-state index is 0.0157. The van der Waals surface area contributed by atoms with Crippen LogP contribution in [0.25, 0.3) is 0 Å². The van der Waals surface area contributed by atoms with Crippen LogP contribution in [0.4, 0.5) is 0 Å². The molecule has 0 saturated heterocycles. The van der Waals surface area contributed by atoms with Gasteiger partial charge in [0.05, 0.1) is 5.56 Å². The van der Waals surface area contributed by atoms with Gasteiger partial charge < -0.3 is 9.47 Å². The van der Waals surface area contributed by atoms with Gasteiger partial charge in [-0.05, 0) is 58.9 Å². The molecule has 0 heterocycles. The first-order chi connectivity index (χ1) is 9.90. The molecule has 0 aromatic heterocycles. The van der Waals surface area contributed by atoms with Gasteiger partial charge in [0.25, 0.3) is 0 Å². The molecule has 0 spiro atoms. The van der Waals surface area contributed by atoms with Crippen molar-refractivity contribution in [1.82, 2.24) is 0 Å². The Morgan fingerprint density at radius 3 is 2.05 bits per heavy atom. The second-order valence-electron chi connectivity index (χ2n) is 5.40. The zero-order valence-electron chi connectivity index (χ0n) is 13.5. The number of hydrogen-bond acceptors (Lipinski definition) is 3. The summed E-state index contributed by atoms with van der Waals surface area (Å²) in [5.41, 5.74) is 2.96. The Kier molecular flexibility index (Phi) is 6.73. The largest absolute Gasteiger partial charge is 0.489 e. The minimum atomic E-state index is -0.0157. The first kappa shape index (κ1) is 17.0. The lowest BCUT2D eigenvalue weighted by atomic mass is 10.1. The SMILES string of the molecule is CC(=O)c1ccc(OCC=C(C)C)cc1OCC=C(C)C. The number of ketones is 1. The van der Waals surface area contributed by atoms with Crippen LogP contribution >= 0.6 is 0 Å². The van der Waals surface area contributed by atoms with Gasteiger partial charge in [0.15, 0.2) is 5.78 Å². The molecule has 114 valence electrons. The van der Waals surface area contributed by atoms with Gasteiger partial charge in [-0.25, -0.2) is 0 Å². The van der Waals surface area contributed by atoms with Crippen molar-refractivity contribution in [1.29, 1.82) is 0 Å². The molecule has 0 atom stereocenters. The second kappa shape index (κ2) is 8.30. The van der Waals surface area contributed by atoms with Crippen molar-refractivity contribution < 1.29 is 14.3 Å². The number of Topliss-reactive ketones (excluding diaryl/α,β-unsaturated/α-hetero) is 1. The van der Waals surface area contributed by atoms with E-state index in [1.807, 2.05) is 39.8 Å². The second-order valence-corrected chi connectivity index (χ2v) is 5.40. The van der Waals surface area contributed by atoms with Crippen LogP contribution in [0.5, 0.6) is 11.5 Å². The lowest BCUT2D eigenvalue weighted by molar-refractivity contribution is 0.101. The molecule has 0 unspecified atom stereocenters. The highest BCUT2D eigenvalue weighted by atomic mass is 16.5. The maximum atomic E-state index is 11.6. The Hall–Kier alpha value is -2.03. The van der Waals surface area contributed by atoms with E-state index in [4.69, 9.17) is 9.47 Å². The molecule has 0 amide bonds. The molecule has 3 nitrogen and oxygen atoms in total. The maximum absolute atomic E-state index is 11.6. The van der Waals surface area contributed by atoms with Crippen LogP contribution in [0.1, 0.15) is 45.0 Å². The number of benzene rings is 1. The van der Waals surface area contributed by atoms with Gasteiger partial charge in [0.1, 0.15) is 24.7 Å². The summed E-state index contributed by atoms with van der Waals surface area (Å²) in [4.78, 5) is 11.6. The van der Waals surface area contributed by atoms with E-state index in [9.17, 15) is 4.79 Å². The fraction of sp³-hybridized carbons (Fsp3) is 0.389. The summed E-state index contributed by atoms with van der Waals surface area (Å²) in [6, 6.07) is 5.32. The first-order valence-electron chi connectivity index (χ1n) is 7.07. The average Bonchev–Trinajstić information content (AvgIpc) is 2.37. The van der Waals surface area contributed by atoms with Crippen molar-refractivity contribution in [2.24, 2.45) is 0 Å². The van der Waals surface area contributed by atoms with Gasteiger partial charge in [-0.15, -0.1) is 0 Å². The van der Waals surface area contributed by atoms with Crippen molar-refractivity contribution >= 4 is 5.78 Å². The van der Waals surface area contributed by atoms with Crippen molar-refractivity contribution in [3.8, 4) is 11.5 Å². The molecule has 0 N–H and O–H groups in total. The highest BCUT2D eigenvalue weighted by Crippen LogP contribution is 2.25. The third kappa shape index (κ3) is 6.30. The Balaban J connectivity index is 2.87. The predicted octanol–water partition coefficient (Wildman–Crippen LogP) is 4.58. The fourth-order valence-electron chi connectivity index (χ4n) is 1.61. The molecule has 1 aromatic rings. The van der Waals surface area contributed by atoms with Gasteiger partial charge >= 0.3 is 0 Å². The summed E-state index contributed by atoms with van der Waals surface area (Å²) >= 11 is 0. The molecule has 0 aliphatic rings. The van der Waals surface area contributed by atoms with E-state index in [0.717, 1.165) is 0 Å². The van der Waals surface area contributed by atoms with Crippen molar-refractivity contribution in [2.45, 2.75) is 34.6 Å². The molecule has 0 aliphatic carbocycles. The van der Waals surface area contributed by atoms with Crippen LogP contribution in [0.3, 0.4) is 0 Å². The van der Waals surface area contributed by atoms with Crippen LogP contribution in [0, 0.1) is 0 Å². The van der Waals surface area contributed by atoms with E-state index in [1.54, 1.807) is 18.2 Å². The Labute approximate surface area is 127 Å². The van der Waals surface area contributed by atoms with Crippen LogP contribution in [0.2, 0.25) is 0 Å². The number of hydrogen-bond donors (Lipinski definition) is 0. The van der Waals surface area contributed by atoms with Crippen LogP contribution in [-0.2, 0) is 0 Å². The molecular formula is C18H24O3. The number of allylic oxidation sites excluding steroid dienone is 2. The predicted molar refractivity (Wildman–Crippen MR) is 86.3 cm³/mol. The standard InChI is InChI=1S/C18H24O3/c1-13(2)8-10-20-16-6-7-17(15(5)19)18(12-16)21-11-9-14(3)4/h6-9,12H,10-11H2,1-5H3. The quantitative estimate of drug-likeness (QED) is 0.544. The monoisotopic (exact) mass is 288 g/mol. The Morgan fingerprint density at radius 2 is 1.52 bits per heavy atom. The maximum Gasteiger partial charge on any atom is 0.163 e. The van der Waals surface area contributed by atoms with Gasteiger partial charge in [0, 0.05) is 6.07 Å². The lowest BCUT2D eigenvalue weighted by Gasteiger charge is -2.11. The lowest BCUT2D eigenvalue weighted by Crippen LogP contribution is -2.03. The van der Waals surface area contributed by atoms with Gasteiger partial charge in [0.2, 0.25) is 0 Å². The molecule has 1 rings (SSSR count). The van der Waals surface area contributed by atoms with Crippen LogP contribution in [-0.4, -0.2) is 19.0 Å². The Morgan fingerprint density at radius 1 is 0.952 bits per heavy atom. The number of ether oxygens (including phenoxy) is 2. The van der Waals surface area contributed by atoms with Crippen molar-refractivity contribution in [3.05, 3.63) is 47.1 Å². The van der Waals surface area contributed by atoms with Crippen LogP contribution < -0.4 is 9.47 Å². The third-order valence-electron chi connectivity index (χ3n) is 2.80. The third-order valence-corrected chi connectivity index (χ3v) is 2.80. The van der Waals surface area contributed by atoms with E-state index in [0.29, 0.717) is 30.3 Å². The topological polar surface area (TPSA) is 35.5 Å². The molecule has 0 bridgehead atoms. The highest BCUT2D eigenvalue weighted by molar-refractivity contribution is 5.97. The summed E-state index contributed by atoms with van der Waals surface area (Å²) < 4.78 is 11.3. The summed E-state index contributed by atoms with van der Waals surface area (Å²) in [7, 11) is 0. The first-order valence-corrected chi connectivity index (χ1v) is 7.07.